The van der Waals surface area contributed by atoms with Gasteiger partial charge in [0.15, 0.2) is 5.96 Å². The third-order valence-electron chi connectivity index (χ3n) is 2.95. The summed E-state index contributed by atoms with van der Waals surface area (Å²) in [4.78, 5) is 4.26. The molecule has 0 aromatic heterocycles. The van der Waals surface area contributed by atoms with E-state index in [0.29, 0.717) is 24.6 Å². The minimum Gasteiger partial charge on any atom is -0.396 e. The number of alkyl halides is 3. The lowest BCUT2D eigenvalue weighted by Crippen LogP contribution is -2.39. The van der Waals surface area contributed by atoms with Crippen LogP contribution in [0.4, 0.5) is 13.2 Å². The molecule has 0 amide bonds. The molecule has 1 unspecified atom stereocenters. The second-order valence-corrected chi connectivity index (χ2v) is 5.06. The average Bonchev–Trinajstić information content (AvgIpc) is 2.49. The Morgan fingerprint density at radius 3 is 2.64 bits per heavy atom. The van der Waals surface area contributed by atoms with E-state index in [-0.39, 0.29) is 19.1 Å². The van der Waals surface area contributed by atoms with E-state index in [4.69, 9.17) is 5.11 Å². The van der Waals surface area contributed by atoms with Crippen LogP contribution in [-0.4, -0.2) is 30.8 Å². The number of halogens is 3. The number of aliphatic hydroxyl groups is 1. The van der Waals surface area contributed by atoms with Crippen molar-refractivity contribution in [1.82, 2.24) is 10.6 Å². The van der Waals surface area contributed by atoms with E-state index in [2.05, 4.69) is 15.6 Å². The maximum Gasteiger partial charge on any atom is 0.416 e. The number of guanidine groups is 1. The fourth-order valence-corrected chi connectivity index (χ4v) is 1.69. The molecule has 0 saturated heterocycles. The van der Waals surface area contributed by atoms with Gasteiger partial charge in [-0.3, -0.25) is 0 Å². The lowest BCUT2D eigenvalue weighted by molar-refractivity contribution is -0.137. The van der Waals surface area contributed by atoms with Crippen molar-refractivity contribution in [2.75, 3.05) is 19.7 Å². The molecule has 1 aromatic carbocycles. The molecule has 3 N–H and O–H groups in total. The molecule has 0 aliphatic rings. The van der Waals surface area contributed by atoms with Crippen LogP contribution in [0.25, 0.3) is 0 Å². The zero-order valence-corrected chi connectivity index (χ0v) is 12.7. The zero-order valence-electron chi connectivity index (χ0n) is 12.7. The summed E-state index contributed by atoms with van der Waals surface area (Å²) in [6.07, 6.45) is -4.35. The first-order valence-electron chi connectivity index (χ1n) is 7.16. The molecule has 0 radical (unpaired) electrons. The fraction of sp³-hybridized carbons (Fsp3) is 0.533. The third-order valence-corrected chi connectivity index (χ3v) is 2.95. The summed E-state index contributed by atoms with van der Waals surface area (Å²) < 4.78 is 38.0. The maximum atomic E-state index is 12.7. The van der Waals surface area contributed by atoms with Gasteiger partial charge in [0.1, 0.15) is 0 Å². The maximum absolute atomic E-state index is 12.7. The molecule has 0 bridgehead atoms. The predicted molar refractivity (Wildman–Crippen MR) is 80.5 cm³/mol. The van der Waals surface area contributed by atoms with Crippen molar-refractivity contribution in [1.29, 1.82) is 0 Å². The zero-order chi connectivity index (χ0) is 16.6. The molecular formula is C15H22F3N3O. The van der Waals surface area contributed by atoms with Crippen LogP contribution in [0.2, 0.25) is 0 Å². The van der Waals surface area contributed by atoms with Gasteiger partial charge < -0.3 is 15.7 Å². The fourth-order valence-electron chi connectivity index (χ4n) is 1.69. The van der Waals surface area contributed by atoms with Crippen LogP contribution in [0.15, 0.2) is 29.3 Å². The number of benzene rings is 1. The van der Waals surface area contributed by atoms with Gasteiger partial charge in [0.05, 0.1) is 12.1 Å². The van der Waals surface area contributed by atoms with Crippen LogP contribution in [0, 0.1) is 5.92 Å². The Balaban J connectivity index is 2.73. The van der Waals surface area contributed by atoms with Gasteiger partial charge in [0.25, 0.3) is 0 Å². The summed E-state index contributed by atoms with van der Waals surface area (Å²) >= 11 is 0. The second kappa shape index (κ2) is 8.63. The van der Waals surface area contributed by atoms with Crippen LogP contribution in [0.3, 0.4) is 0 Å². The predicted octanol–water partition coefficient (Wildman–Crippen LogP) is 2.39. The topological polar surface area (TPSA) is 56.7 Å². The molecule has 1 rings (SSSR count). The Morgan fingerprint density at radius 1 is 1.32 bits per heavy atom. The summed E-state index contributed by atoms with van der Waals surface area (Å²) in [6, 6.07) is 5.13. The monoisotopic (exact) mass is 317 g/mol. The van der Waals surface area contributed by atoms with Crippen molar-refractivity contribution >= 4 is 5.96 Å². The number of rotatable bonds is 6. The van der Waals surface area contributed by atoms with Crippen molar-refractivity contribution in [2.45, 2.75) is 26.6 Å². The van der Waals surface area contributed by atoms with E-state index < -0.39 is 11.7 Å². The van der Waals surface area contributed by atoms with E-state index in [0.717, 1.165) is 12.1 Å². The molecule has 7 heteroatoms. The van der Waals surface area contributed by atoms with Crippen molar-refractivity contribution in [3.63, 3.8) is 0 Å². The Hall–Kier alpha value is -1.76. The largest absolute Gasteiger partial charge is 0.416 e. The van der Waals surface area contributed by atoms with Crippen molar-refractivity contribution < 1.29 is 18.3 Å². The Labute approximate surface area is 128 Å². The summed E-state index contributed by atoms with van der Waals surface area (Å²) in [6.45, 7) is 5.15. The smallest absolute Gasteiger partial charge is 0.396 e. The quantitative estimate of drug-likeness (QED) is 0.558. The Morgan fingerprint density at radius 2 is 2.05 bits per heavy atom. The van der Waals surface area contributed by atoms with E-state index in [9.17, 15) is 13.2 Å². The lowest BCUT2D eigenvalue weighted by Gasteiger charge is -2.14. The van der Waals surface area contributed by atoms with Gasteiger partial charge in [0, 0.05) is 19.7 Å². The van der Waals surface area contributed by atoms with Gasteiger partial charge in [-0.1, -0.05) is 19.1 Å². The highest BCUT2D eigenvalue weighted by Gasteiger charge is 2.30. The number of aliphatic hydroxyl groups excluding tert-OH is 1. The van der Waals surface area contributed by atoms with E-state index in [1.54, 1.807) is 6.07 Å². The first-order chi connectivity index (χ1) is 10.4. The normalized spacial score (nSPS) is 13.8. The second-order valence-electron chi connectivity index (χ2n) is 5.06. The molecule has 0 aliphatic heterocycles. The van der Waals surface area contributed by atoms with Crippen LogP contribution < -0.4 is 10.6 Å². The number of aliphatic imine (C=N–C) groups is 1. The highest BCUT2D eigenvalue weighted by atomic mass is 19.4. The van der Waals surface area contributed by atoms with Gasteiger partial charge in [-0.15, -0.1) is 0 Å². The molecule has 22 heavy (non-hydrogen) atoms. The lowest BCUT2D eigenvalue weighted by atomic mass is 10.1. The van der Waals surface area contributed by atoms with Crippen molar-refractivity contribution in [2.24, 2.45) is 10.9 Å². The minimum atomic E-state index is -4.35. The average molecular weight is 317 g/mol. The SMILES string of the molecule is CCNC(=NCc1cccc(C(F)(F)F)c1)NCC(C)CO. The molecule has 0 fully saturated rings. The summed E-state index contributed by atoms with van der Waals surface area (Å²) in [5.41, 5.74) is -0.186. The van der Waals surface area contributed by atoms with Gasteiger partial charge >= 0.3 is 6.18 Å². The van der Waals surface area contributed by atoms with Crippen LogP contribution in [0.1, 0.15) is 25.0 Å². The molecule has 4 nitrogen and oxygen atoms in total. The van der Waals surface area contributed by atoms with E-state index >= 15 is 0 Å². The number of hydrogen-bond donors (Lipinski definition) is 3. The van der Waals surface area contributed by atoms with Gasteiger partial charge in [-0.25, -0.2) is 4.99 Å². The summed E-state index contributed by atoms with van der Waals surface area (Å²) in [7, 11) is 0. The summed E-state index contributed by atoms with van der Waals surface area (Å²) in [5.74, 6) is 0.581. The third kappa shape index (κ3) is 6.34. The van der Waals surface area contributed by atoms with E-state index in [1.807, 2.05) is 13.8 Å². The Bertz CT molecular complexity index is 489. The first kappa shape index (κ1) is 18.3. The summed E-state index contributed by atoms with van der Waals surface area (Å²) in [5, 5.41) is 15.0. The van der Waals surface area contributed by atoms with Crippen molar-refractivity contribution in [3.8, 4) is 0 Å². The number of nitrogens with zero attached hydrogens (tertiary/aromatic N) is 1. The Kier molecular flexibility index (Phi) is 7.17. The highest BCUT2D eigenvalue weighted by molar-refractivity contribution is 5.79. The molecular weight excluding hydrogens is 295 g/mol. The minimum absolute atomic E-state index is 0.0556. The number of hydrogen-bond acceptors (Lipinski definition) is 2. The highest BCUT2D eigenvalue weighted by Crippen LogP contribution is 2.29. The van der Waals surface area contributed by atoms with Gasteiger partial charge in [-0.2, -0.15) is 13.2 Å². The van der Waals surface area contributed by atoms with Gasteiger partial charge in [0.2, 0.25) is 0 Å². The first-order valence-corrected chi connectivity index (χ1v) is 7.16. The van der Waals surface area contributed by atoms with Gasteiger partial charge in [-0.05, 0) is 30.5 Å². The molecule has 1 atom stereocenters. The standard InChI is InChI=1S/C15H22F3N3O/c1-3-19-14(20-8-11(2)10-22)21-9-12-5-4-6-13(7-12)15(16,17)18/h4-7,11,22H,3,8-10H2,1-2H3,(H2,19,20,21). The molecule has 1 aromatic rings. The number of nitrogens with one attached hydrogen (secondary N) is 2. The molecule has 0 heterocycles. The van der Waals surface area contributed by atoms with Crippen molar-refractivity contribution in [3.05, 3.63) is 35.4 Å². The molecule has 124 valence electrons. The van der Waals surface area contributed by atoms with Crippen LogP contribution >= 0.6 is 0 Å². The van der Waals surface area contributed by atoms with E-state index in [1.165, 1.54) is 6.07 Å². The van der Waals surface area contributed by atoms with Crippen LogP contribution in [0.5, 0.6) is 0 Å². The van der Waals surface area contributed by atoms with Crippen LogP contribution in [-0.2, 0) is 12.7 Å². The molecule has 0 spiro atoms. The molecule has 0 saturated carbocycles. The molecule has 0 aliphatic carbocycles.